The molecule has 1 aromatic carbocycles. The summed E-state index contributed by atoms with van der Waals surface area (Å²) >= 11 is 17.9. The molecule has 1 amide bonds. The van der Waals surface area contributed by atoms with E-state index in [9.17, 15) is 9.59 Å². The minimum absolute atomic E-state index is 0.225. The molecular weight excluding hydrogens is 353 g/mol. The van der Waals surface area contributed by atoms with Gasteiger partial charge in [0.15, 0.2) is 11.0 Å². The van der Waals surface area contributed by atoms with E-state index in [1.807, 2.05) is 0 Å². The number of nitrogens with one attached hydrogen (secondary N) is 1. The number of halogens is 2. The Morgan fingerprint density at radius 3 is 2.71 bits per heavy atom. The Bertz CT molecular complexity index is 889. The van der Waals surface area contributed by atoms with Gasteiger partial charge in [0, 0.05) is 5.02 Å². The Hall–Kier alpha value is -1.34. The van der Waals surface area contributed by atoms with Crippen molar-refractivity contribution in [3.05, 3.63) is 49.1 Å². The quantitative estimate of drug-likeness (QED) is 0.624. The van der Waals surface area contributed by atoms with Crippen molar-refractivity contribution >= 4 is 74.5 Å². The highest BCUT2D eigenvalue weighted by Crippen LogP contribution is 2.28. The summed E-state index contributed by atoms with van der Waals surface area (Å²) in [6.07, 6.45) is 2.69. The summed E-state index contributed by atoms with van der Waals surface area (Å²) in [5, 5.41) is 3.32. The van der Waals surface area contributed by atoms with Gasteiger partial charge < -0.3 is 9.73 Å². The Balaban J connectivity index is 2.20. The molecule has 0 radical (unpaired) electrons. The van der Waals surface area contributed by atoms with Crippen LogP contribution < -0.4 is 10.7 Å². The minimum atomic E-state index is -0.339. The fourth-order valence-corrected chi connectivity index (χ4v) is 3.42. The molecule has 21 heavy (non-hydrogen) atoms. The van der Waals surface area contributed by atoms with Crippen molar-refractivity contribution in [1.82, 2.24) is 5.32 Å². The van der Waals surface area contributed by atoms with Gasteiger partial charge in [-0.05, 0) is 18.2 Å². The van der Waals surface area contributed by atoms with Gasteiger partial charge in [0.05, 0.1) is 20.9 Å². The van der Waals surface area contributed by atoms with E-state index in [2.05, 4.69) is 5.32 Å². The van der Waals surface area contributed by atoms with Gasteiger partial charge in [0.1, 0.15) is 10.6 Å². The first-order chi connectivity index (χ1) is 9.95. The van der Waals surface area contributed by atoms with Crippen LogP contribution in [0.3, 0.4) is 0 Å². The number of thiocarbonyl (C=S) groups is 1. The molecule has 1 aromatic heterocycles. The molecule has 0 bridgehead atoms. The highest BCUT2D eigenvalue weighted by atomic mass is 35.5. The van der Waals surface area contributed by atoms with Gasteiger partial charge in [0.25, 0.3) is 5.91 Å². The number of carbonyl (C=O) groups is 1. The van der Waals surface area contributed by atoms with E-state index in [1.165, 1.54) is 24.5 Å². The van der Waals surface area contributed by atoms with E-state index in [4.69, 9.17) is 39.8 Å². The summed E-state index contributed by atoms with van der Waals surface area (Å²) in [4.78, 5) is 24.4. The molecule has 0 unspecified atom stereocenters. The lowest BCUT2D eigenvalue weighted by atomic mass is 10.1. The molecule has 8 heteroatoms. The zero-order valence-electron chi connectivity index (χ0n) is 10.1. The van der Waals surface area contributed by atoms with Crippen LogP contribution in [-0.2, 0) is 4.79 Å². The number of hydrogen-bond acceptors (Lipinski definition) is 5. The smallest absolute Gasteiger partial charge is 0.263 e. The first-order valence-electron chi connectivity index (χ1n) is 5.61. The Kier molecular flexibility index (Phi) is 3.79. The standard InChI is InChI=1S/C13H5Cl2NO3S2/c14-6-2-7-10(17)5(4-19-11(7)8(15)3-6)1-9-12(18)16-13(20)21-9/h1-4H,(H,16,18,20)/b9-1+. The fourth-order valence-electron chi connectivity index (χ4n) is 1.84. The summed E-state index contributed by atoms with van der Waals surface area (Å²) in [5.74, 6) is -0.339. The van der Waals surface area contributed by atoms with Crippen molar-refractivity contribution in [3.8, 4) is 0 Å². The highest BCUT2D eigenvalue weighted by Gasteiger charge is 2.22. The van der Waals surface area contributed by atoms with E-state index in [0.29, 0.717) is 14.2 Å². The predicted octanol–water partition coefficient (Wildman–Crippen LogP) is 3.59. The van der Waals surface area contributed by atoms with Crippen LogP contribution in [0.4, 0.5) is 0 Å². The Morgan fingerprint density at radius 2 is 2.05 bits per heavy atom. The lowest BCUT2D eigenvalue weighted by molar-refractivity contribution is -0.115. The van der Waals surface area contributed by atoms with Gasteiger partial charge in [0.2, 0.25) is 0 Å². The third kappa shape index (κ3) is 2.72. The first kappa shape index (κ1) is 14.6. The predicted molar refractivity (Wildman–Crippen MR) is 88.8 cm³/mol. The third-order valence-electron chi connectivity index (χ3n) is 2.75. The summed E-state index contributed by atoms with van der Waals surface area (Å²) in [6, 6.07) is 2.97. The Morgan fingerprint density at radius 1 is 1.29 bits per heavy atom. The van der Waals surface area contributed by atoms with Crippen LogP contribution in [0, 0.1) is 0 Å². The third-order valence-corrected chi connectivity index (χ3v) is 4.41. The van der Waals surface area contributed by atoms with Gasteiger partial charge in [-0.1, -0.05) is 47.2 Å². The highest BCUT2D eigenvalue weighted by molar-refractivity contribution is 8.26. The van der Waals surface area contributed by atoms with Gasteiger partial charge in [-0.15, -0.1) is 0 Å². The van der Waals surface area contributed by atoms with Gasteiger partial charge in [-0.25, -0.2) is 0 Å². The summed E-state index contributed by atoms with van der Waals surface area (Å²) < 4.78 is 5.72. The molecule has 1 aliphatic heterocycles. The molecule has 0 saturated carbocycles. The van der Waals surface area contributed by atoms with Crippen molar-refractivity contribution in [1.29, 1.82) is 0 Å². The van der Waals surface area contributed by atoms with Crippen molar-refractivity contribution in [2.45, 2.75) is 0 Å². The van der Waals surface area contributed by atoms with E-state index in [0.717, 1.165) is 11.8 Å². The number of fused-ring (bicyclic) bond motifs is 1. The van der Waals surface area contributed by atoms with Gasteiger partial charge in [-0.3, -0.25) is 9.59 Å². The number of carbonyl (C=O) groups excluding carboxylic acids is 1. The van der Waals surface area contributed by atoms with Crippen molar-refractivity contribution in [2.24, 2.45) is 0 Å². The molecule has 2 heterocycles. The zero-order chi connectivity index (χ0) is 15.1. The molecule has 0 atom stereocenters. The van der Waals surface area contributed by atoms with E-state index < -0.39 is 0 Å². The molecule has 3 rings (SSSR count). The molecule has 0 spiro atoms. The second-order valence-corrected chi connectivity index (χ2v) is 6.70. The van der Waals surface area contributed by atoms with Crippen LogP contribution >= 0.6 is 47.2 Å². The fraction of sp³-hybridized carbons (Fsp3) is 0. The average Bonchev–Trinajstić information content (AvgIpc) is 2.72. The number of hydrogen-bond donors (Lipinski definition) is 1. The van der Waals surface area contributed by atoms with Crippen LogP contribution in [0.15, 0.2) is 32.5 Å². The van der Waals surface area contributed by atoms with E-state index >= 15 is 0 Å². The van der Waals surface area contributed by atoms with Crippen LogP contribution in [0.1, 0.15) is 5.56 Å². The second kappa shape index (κ2) is 5.46. The topological polar surface area (TPSA) is 59.3 Å². The average molecular weight is 358 g/mol. The van der Waals surface area contributed by atoms with Crippen LogP contribution in [0.5, 0.6) is 0 Å². The summed E-state index contributed by atoms with van der Waals surface area (Å²) in [6.45, 7) is 0. The monoisotopic (exact) mass is 357 g/mol. The van der Waals surface area contributed by atoms with E-state index in [-0.39, 0.29) is 32.9 Å². The second-order valence-electron chi connectivity index (χ2n) is 4.14. The molecule has 2 aromatic rings. The number of rotatable bonds is 1. The van der Waals surface area contributed by atoms with Crippen molar-refractivity contribution in [2.75, 3.05) is 0 Å². The molecular formula is C13H5Cl2NO3S2. The molecule has 4 nitrogen and oxygen atoms in total. The maximum atomic E-state index is 12.4. The maximum absolute atomic E-state index is 12.4. The maximum Gasteiger partial charge on any atom is 0.263 e. The molecule has 1 saturated heterocycles. The first-order valence-corrected chi connectivity index (χ1v) is 7.59. The van der Waals surface area contributed by atoms with Crippen LogP contribution in [-0.4, -0.2) is 10.2 Å². The van der Waals surface area contributed by atoms with E-state index in [1.54, 1.807) is 0 Å². The van der Waals surface area contributed by atoms with Gasteiger partial charge in [-0.2, -0.15) is 0 Å². The largest absolute Gasteiger partial charge is 0.462 e. The zero-order valence-corrected chi connectivity index (χ0v) is 13.3. The minimum Gasteiger partial charge on any atom is -0.462 e. The summed E-state index contributed by atoms with van der Waals surface area (Å²) in [7, 11) is 0. The van der Waals surface area contributed by atoms with Crippen LogP contribution in [0.25, 0.3) is 17.0 Å². The lowest BCUT2D eigenvalue weighted by Crippen LogP contribution is -2.17. The number of amides is 1. The lowest BCUT2D eigenvalue weighted by Gasteiger charge is -2.02. The molecule has 1 aliphatic rings. The molecule has 1 fully saturated rings. The van der Waals surface area contributed by atoms with Crippen LogP contribution in [0.2, 0.25) is 10.0 Å². The number of thioether (sulfide) groups is 1. The SMILES string of the molecule is O=C1NC(=S)S/C1=C/c1coc2c(Cl)cc(Cl)cc2c1=O. The summed E-state index contributed by atoms with van der Waals surface area (Å²) in [5.41, 5.74) is 0.162. The molecule has 106 valence electrons. The molecule has 0 aliphatic carbocycles. The van der Waals surface area contributed by atoms with Gasteiger partial charge >= 0.3 is 0 Å². The van der Waals surface area contributed by atoms with Crippen molar-refractivity contribution < 1.29 is 9.21 Å². The Labute approximate surface area is 138 Å². The number of benzene rings is 1. The molecule has 1 N–H and O–H groups in total. The van der Waals surface area contributed by atoms with Crippen molar-refractivity contribution in [3.63, 3.8) is 0 Å². The normalized spacial score (nSPS) is 16.8.